The van der Waals surface area contributed by atoms with Crippen LogP contribution in [0.5, 0.6) is 17.2 Å². The largest absolute Gasteiger partial charge is 0.491 e. The number of aryl methyl sites for hydroxylation is 1. The van der Waals surface area contributed by atoms with Crippen molar-refractivity contribution in [2.45, 2.75) is 52.2 Å². The minimum atomic E-state index is -0.543. The first-order chi connectivity index (χ1) is 17.4. The van der Waals surface area contributed by atoms with E-state index in [9.17, 15) is 9.59 Å². The second-order valence-corrected chi connectivity index (χ2v) is 10.1. The van der Waals surface area contributed by atoms with Gasteiger partial charge in [-0.25, -0.2) is 10.6 Å². The average Bonchev–Trinajstić information content (AvgIpc) is 2.81. The molecule has 1 fully saturated rings. The molecule has 0 radical (unpaired) electrons. The van der Waals surface area contributed by atoms with Crippen molar-refractivity contribution < 1.29 is 28.5 Å². The van der Waals surface area contributed by atoms with Crippen molar-refractivity contribution in [1.82, 2.24) is 4.90 Å². The van der Waals surface area contributed by atoms with Gasteiger partial charge in [-0.1, -0.05) is 0 Å². The van der Waals surface area contributed by atoms with E-state index in [0.29, 0.717) is 54.8 Å². The van der Waals surface area contributed by atoms with Gasteiger partial charge in [-0.2, -0.15) is 0 Å². The number of primary amides is 1. The molecule has 1 aliphatic rings. The Labute approximate surface area is 218 Å². The van der Waals surface area contributed by atoms with E-state index < -0.39 is 11.5 Å². The molecule has 0 aliphatic carbocycles. The molecule has 0 atom stereocenters. The fourth-order valence-electron chi connectivity index (χ4n) is 4.06. The van der Waals surface area contributed by atoms with Crippen LogP contribution in [0.4, 0.5) is 10.5 Å². The Morgan fingerprint density at radius 1 is 1.05 bits per heavy atom. The van der Waals surface area contributed by atoms with Crippen LogP contribution in [0.1, 0.15) is 49.5 Å². The van der Waals surface area contributed by atoms with E-state index in [0.717, 1.165) is 18.4 Å². The summed E-state index contributed by atoms with van der Waals surface area (Å²) in [4.78, 5) is 25.6. The van der Waals surface area contributed by atoms with Gasteiger partial charge in [0.2, 0.25) is 5.91 Å². The summed E-state index contributed by atoms with van der Waals surface area (Å²) in [6.45, 7) is 9.50. The molecule has 4 N–H and O–H groups in total. The zero-order chi connectivity index (χ0) is 27.2. The van der Waals surface area contributed by atoms with Crippen LogP contribution in [0.15, 0.2) is 36.4 Å². The third-order valence-electron chi connectivity index (χ3n) is 5.75. The lowest BCUT2D eigenvalue weighted by molar-refractivity contribution is -0.0177. The summed E-state index contributed by atoms with van der Waals surface area (Å²) >= 11 is 0. The number of amides is 2. The Kier molecular flexibility index (Phi) is 9.23. The van der Waals surface area contributed by atoms with E-state index >= 15 is 0 Å². The molecule has 0 saturated carbocycles. The van der Waals surface area contributed by atoms with Gasteiger partial charge in [0, 0.05) is 25.7 Å². The summed E-state index contributed by atoms with van der Waals surface area (Å²) in [5.74, 6) is 7.09. The Bertz CT molecular complexity index is 1070. The summed E-state index contributed by atoms with van der Waals surface area (Å²) in [6.07, 6.45) is 1.35. The van der Waals surface area contributed by atoms with Crippen LogP contribution < -0.4 is 26.1 Å². The van der Waals surface area contributed by atoms with Gasteiger partial charge in [-0.15, -0.1) is 0 Å². The van der Waals surface area contributed by atoms with Crippen LogP contribution in [0.2, 0.25) is 0 Å². The first-order valence-corrected chi connectivity index (χ1v) is 12.4. The number of hydrazine groups is 1. The molecule has 2 amide bonds. The highest BCUT2D eigenvalue weighted by Crippen LogP contribution is 2.35. The maximum atomic E-state index is 12.2. The van der Waals surface area contributed by atoms with Gasteiger partial charge in [0.1, 0.15) is 23.7 Å². The van der Waals surface area contributed by atoms with Crippen molar-refractivity contribution in [3.8, 4) is 17.2 Å². The lowest BCUT2D eigenvalue weighted by atomic mass is 10.1. The number of rotatable bonds is 9. The zero-order valence-electron chi connectivity index (χ0n) is 22.3. The molecule has 0 spiro atoms. The number of carbonyl (C=O) groups excluding carboxylic acids is 2. The maximum Gasteiger partial charge on any atom is 0.410 e. The maximum absolute atomic E-state index is 12.2. The summed E-state index contributed by atoms with van der Waals surface area (Å²) in [6, 6.07) is 10.4. The fourth-order valence-corrected chi connectivity index (χ4v) is 4.06. The number of benzene rings is 2. The Hall–Kier alpha value is -3.50. The van der Waals surface area contributed by atoms with E-state index in [4.69, 9.17) is 30.5 Å². The summed E-state index contributed by atoms with van der Waals surface area (Å²) in [5.41, 5.74) is 6.72. The highest BCUT2D eigenvalue weighted by atomic mass is 16.6. The molecule has 1 saturated heterocycles. The van der Waals surface area contributed by atoms with E-state index in [2.05, 4.69) is 0 Å². The number of piperidine rings is 1. The lowest BCUT2D eigenvalue weighted by Crippen LogP contribution is -2.43. The number of ether oxygens (including phenoxy) is 4. The van der Waals surface area contributed by atoms with E-state index in [1.807, 2.05) is 27.7 Å². The standard InChI is InChI=1S/C27H38N4O6/c1-18-16-19(25(28)32)17-23(24(18)30(5)29)36-22-8-6-20(7-9-22)34-14-15-35-21-10-12-31(13-11-21)26(33)37-27(2,3)4/h6-9,16-17,21H,10-15,29H2,1-5H3,(H2,28,32). The minimum absolute atomic E-state index is 0.0903. The zero-order valence-corrected chi connectivity index (χ0v) is 22.3. The number of carbonyl (C=O) groups is 2. The van der Waals surface area contributed by atoms with Gasteiger partial charge in [-0.3, -0.25) is 4.79 Å². The smallest absolute Gasteiger partial charge is 0.410 e. The topological polar surface area (TPSA) is 130 Å². The van der Waals surface area contributed by atoms with Crippen LogP contribution in [-0.2, 0) is 9.47 Å². The van der Waals surface area contributed by atoms with Crippen molar-refractivity contribution in [2.75, 3.05) is 38.4 Å². The summed E-state index contributed by atoms with van der Waals surface area (Å²) in [5, 5.41) is 1.44. The third kappa shape index (κ3) is 8.26. The molecule has 3 rings (SSSR count). The number of likely N-dealkylation sites (tertiary alicyclic amines) is 1. The molecular formula is C27H38N4O6. The van der Waals surface area contributed by atoms with Crippen LogP contribution in [0.25, 0.3) is 0 Å². The van der Waals surface area contributed by atoms with Crippen molar-refractivity contribution in [3.63, 3.8) is 0 Å². The summed E-state index contributed by atoms with van der Waals surface area (Å²) in [7, 11) is 1.70. The van der Waals surface area contributed by atoms with Crippen molar-refractivity contribution >= 4 is 17.7 Å². The Morgan fingerprint density at radius 2 is 1.68 bits per heavy atom. The van der Waals surface area contributed by atoms with Gasteiger partial charge in [0.15, 0.2) is 5.75 Å². The first-order valence-electron chi connectivity index (χ1n) is 12.4. The third-order valence-corrected chi connectivity index (χ3v) is 5.75. The quantitative estimate of drug-likeness (QED) is 0.292. The van der Waals surface area contributed by atoms with E-state index in [1.165, 1.54) is 5.01 Å². The second-order valence-electron chi connectivity index (χ2n) is 10.1. The van der Waals surface area contributed by atoms with Crippen LogP contribution in [0, 0.1) is 6.92 Å². The molecule has 2 aromatic rings. The monoisotopic (exact) mass is 514 g/mol. The fraction of sp³-hybridized carbons (Fsp3) is 0.481. The molecule has 10 nitrogen and oxygen atoms in total. The first kappa shape index (κ1) is 28.1. The van der Waals surface area contributed by atoms with Crippen molar-refractivity contribution in [3.05, 3.63) is 47.5 Å². The molecule has 0 unspecified atom stereocenters. The Morgan fingerprint density at radius 3 is 2.24 bits per heavy atom. The normalized spacial score (nSPS) is 14.3. The van der Waals surface area contributed by atoms with Crippen molar-refractivity contribution in [2.24, 2.45) is 11.6 Å². The average molecular weight is 515 g/mol. The Balaban J connectivity index is 1.45. The van der Waals surface area contributed by atoms with E-state index in [-0.39, 0.29) is 12.2 Å². The lowest BCUT2D eigenvalue weighted by Gasteiger charge is -2.33. The van der Waals surface area contributed by atoms with Crippen molar-refractivity contribution in [1.29, 1.82) is 0 Å². The number of nitrogens with two attached hydrogens (primary N) is 2. The van der Waals surface area contributed by atoms with Gasteiger partial charge in [0.05, 0.1) is 18.4 Å². The predicted octanol–water partition coefficient (Wildman–Crippen LogP) is 3.99. The van der Waals surface area contributed by atoms with Crippen LogP contribution >= 0.6 is 0 Å². The number of hydrogen-bond acceptors (Lipinski definition) is 8. The number of anilines is 1. The molecule has 0 bridgehead atoms. The van der Waals surface area contributed by atoms with E-state index in [1.54, 1.807) is 48.3 Å². The van der Waals surface area contributed by atoms with Gasteiger partial charge in [0.25, 0.3) is 0 Å². The SMILES string of the molecule is Cc1cc(C(N)=O)cc(Oc2ccc(OCCOC3CCN(C(=O)OC(C)(C)C)CC3)cc2)c1N(C)N. The molecule has 0 aromatic heterocycles. The van der Waals surface area contributed by atoms with Gasteiger partial charge >= 0.3 is 6.09 Å². The predicted molar refractivity (Wildman–Crippen MR) is 141 cm³/mol. The molecule has 1 heterocycles. The van der Waals surface area contributed by atoms with Crippen LogP contribution in [0.3, 0.4) is 0 Å². The number of hydrogen-bond donors (Lipinski definition) is 2. The summed E-state index contributed by atoms with van der Waals surface area (Å²) < 4.78 is 23.2. The number of nitrogens with zero attached hydrogens (tertiary/aromatic N) is 2. The second kappa shape index (κ2) is 12.2. The van der Waals surface area contributed by atoms with Gasteiger partial charge in [-0.05, 0) is 82.5 Å². The molecule has 2 aromatic carbocycles. The highest BCUT2D eigenvalue weighted by molar-refractivity contribution is 5.94. The molecular weight excluding hydrogens is 476 g/mol. The van der Waals surface area contributed by atoms with Gasteiger partial charge < -0.3 is 34.6 Å². The molecule has 10 heteroatoms. The minimum Gasteiger partial charge on any atom is -0.491 e. The molecule has 37 heavy (non-hydrogen) atoms. The molecule has 1 aliphatic heterocycles. The molecule has 202 valence electrons. The van der Waals surface area contributed by atoms with Crippen LogP contribution in [-0.4, -0.2) is 62.0 Å². The highest BCUT2D eigenvalue weighted by Gasteiger charge is 2.27.